The summed E-state index contributed by atoms with van der Waals surface area (Å²) >= 11 is 1.82. The van der Waals surface area contributed by atoms with E-state index in [1.54, 1.807) is 6.92 Å². The number of aryl methyl sites for hydroxylation is 1. The third-order valence-electron chi connectivity index (χ3n) is 4.75. The fraction of sp³-hybridized carbons (Fsp3) is 0.400. The Hall–Kier alpha value is -2.21. The summed E-state index contributed by atoms with van der Waals surface area (Å²) in [7, 11) is 0. The number of benzene rings is 1. The average Bonchev–Trinajstić information content (AvgIpc) is 3.21. The van der Waals surface area contributed by atoms with E-state index in [0.29, 0.717) is 17.7 Å². The third-order valence-corrected chi connectivity index (χ3v) is 6.25. The molecule has 1 fully saturated rings. The zero-order chi connectivity index (χ0) is 18.6. The number of nitrogens with one attached hydrogen (secondary N) is 1. The van der Waals surface area contributed by atoms with Crippen LogP contribution in [0, 0.1) is 6.92 Å². The van der Waals surface area contributed by atoms with Crippen LogP contribution in [0.4, 0.5) is 0 Å². The van der Waals surface area contributed by atoms with E-state index in [1.807, 2.05) is 30.0 Å². The van der Waals surface area contributed by atoms with E-state index in [-0.39, 0.29) is 22.8 Å². The minimum absolute atomic E-state index is 0.0123. The number of amides is 1. The summed E-state index contributed by atoms with van der Waals surface area (Å²) in [5.74, 6) is -1.06. The van der Waals surface area contributed by atoms with Crippen LogP contribution in [-0.2, 0) is 11.2 Å². The third kappa shape index (κ3) is 4.30. The lowest BCUT2D eigenvalue weighted by Crippen LogP contribution is -2.39. The molecular weight excluding hydrogens is 350 g/mol. The van der Waals surface area contributed by atoms with Gasteiger partial charge >= 0.3 is 5.97 Å². The fourth-order valence-corrected chi connectivity index (χ4v) is 4.90. The van der Waals surface area contributed by atoms with Gasteiger partial charge in [0.25, 0.3) is 5.91 Å². The molecule has 26 heavy (non-hydrogen) atoms. The predicted molar refractivity (Wildman–Crippen MR) is 101 cm³/mol. The van der Waals surface area contributed by atoms with E-state index in [2.05, 4.69) is 17.4 Å². The number of hydrogen-bond donors (Lipinski definition) is 2. The lowest BCUT2D eigenvalue weighted by Gasteiger charge is -2.28. The smallest absolute Gasteiger partial charge is 0.311 e. The van der Waals surface area contributed by atoms with Gasteiger partial charge in [0.15, 0.2) is 0 Å². The van der Waals surface area contributed by atoms with Crippen LogP contribution in [0.5, 0.6) is 0 Å². The maximum absolute atomic E-state index is 12.7. The Morgan fingerprint density at radius 3 is 2.58 bits per heavy atom. The number of aliphatic carboxylic acids is 1. The fourth-order valence-electron chi connectivity index (χ4n) is 3.47. The maximum atomic E-state index is 12.7. The van der Waals surface area contributed by atoms with Gasteiger partial charge in [0.1, 0.15) is 12.2 Å². The largest absolute Gasteiger partial charge is 0.481 e. The van der Waals surface area contributed by atoms with Crippen molar-refractivity contribution >= 4 is 23.6 Å². The molecule has 0 atom stereocenters. The first-order chi connectivity index (χ1) is 12.5. The van der Waals surface area contributed by atoms with Gasteiger partial charge in [-0.15, -0.1) is 11.8 Å². The van der Waals surface area contributed by atoms with Crippen LogP contribution in [0.1, 0.15) is 47.4 Å². The number of carboxylic acid groups (broad SMARTS) is 1. The van der Waals surface area contributed by atoms with Crippen molar-refractivity contribution in [3.8, 4) is 0 Å². The minimum atomic E-state index is -1.01. The molecule has 0 spiro atoms. The Kier molecular flexibility index (Phi) is 5.71. The highest BCUT2D eigenvalue weighted by atomic mass is 32.2. The molecule has 2 N–H and O–H groups in total. The second-order valence-corrected chi connectivity index (χ2v) is 8.32. The summed E-state index contributed by atoms with van der Waals surface area (Å²) in [6.07, 6.45) is 5.57. The van der Waals surface area contributed by atoms with E-state index in [4.69, 9.17) is 9.52 Å². The Morgan fingerprint density at radius 2 is 1.92 bits per heavy atom. The summed E-state index contributed by atoms with van der Waals surface area (Å²) < 4.78 is 5.26. The summed E-state index contributed by atoms with van der Waals surface area (Å²) in [5, 5.41) is 12.0. The highest BCUT2D eigenvalue weighted by Crippen LogP contribution is 2.44. The van der Waals surface area contributed by atoms with E-state index < -0.39 is 5.97 Å². The van der Waals surface area contributed by atoms with Crippen molar-refractivity contribution in [2.45, 2.75) is 48.7 Å². The van der Waals surface area contributed by atoms with Crippen LogP contribution in [-0.4, -0.2) is 28.3 Å². The van der Waals surface area contributed by atoms with Crippen LogP contribution in [0.2, 0.25) is 0 Å². The molecule has 0 unspecified atom stereocenters. The molecule has 6 heteroatoms. The molecule has 0 aliphatic heterocycles. The summed E-state index contributed by atoms with van der Waals surface area (Å²) in [6, 6.07) is 10.2. The summed E-state index contributed by atoms with van der Waals surface area (Å²) in [6.45, 7) is 2.32. The molecule has 5 nitrogen and oxygen atoms in total. The molecule has 0 bridgehead atoms. The van der Waals surface area contributed by atoms with Gasteiger partial charge in [-0.3, -0.25) is 9.59 Å². The van der Waals surface area contributed by atoms with E-state index >= 15 is 0 Å². The quantitative estimate of drug-likeness (QED) is 0.765. The normalized spacial score (nSPS) is 15.7. The molecule has 3 rings (SSSR count). The van der Waals surface area contributed by atoms with Crippen molar-refractivity contribution < 1.29 is 19.1 Å². The van der Waals surface area contributed by atoms with E-state index in [1.165, 1.54) is 11.2 Å². The maximum Gasteiger partial charge on any atom is 0.311 e. The number of carbonyl (C=O) groups excluding carboxylic acids is 1. The molecule has 1 aliphatic carbocycles. The number of thioether (sulfide) groups is 1. The highest BCUT2D eigenvalue weighted by Gasteiger charge is 2.35. The van der Waals surface area contributed by atoms with Gasteiger partial charge in [-0.1, -0.05) is 31.0 Å². The first kappa shape index (κ1) is 18.6. The predicted octanol–water partition coefficient (Wildman–Crippen LogP) is 4.05. The van der Waals surface area contributed by atoms with E-state index in [9.17, 15) is 9.59 Å². The van der Waals surface area contributed by atoms with Gasteiger partial charge in [0, 0.05) is 21.8 Å². The number of hydrogen-bond acceptors (Lipinski definition) is 4. The first-order valence-corrected chi connectivity index (χ1v) is 9.62. The van der Waals surface area contributed by atoms with E-state index in [0.717, 1.165) is 25.7 Å². The summed E-state index contributed by atoms with van der Waals surface area (Å²) in [4.78, 5) is 24.9. The standard InChI is InChI=1S/C20H23NO4S/c1-14-12-25-16(11-17(22)23)18(14)19(24)21-13-20(9-5-6-10-20)26-15-7-3-2-4-8-15/h2-4,7-8,12H,5-6,9-11,13H2,1H3,(H,21,24)(H,22,23). The molecule has 2 aromatic rings. The van der Waals surface area contributed by atoms with Crippen molar-refractivity contribution in [3.63, 3.8) is 0 Å². The van der Waals surface area contributed by atoms with Gasteiger partial charge in [-0.2, -0.15) is 0 Å². The highest BCUT2D eigenvalue weighted by molar-refractivity contribution is 8.00. The second-order valence-electron chi connectivity index (χ2n) is 6.78. The zero-order valence-electron chi connectivity index (χ0n) is 14.8. The van der Waals surface area contributed by atoms with Crippen LogP contribution in [0.3, 0.4) is 0 Å². The average molecular weight is 373 g/mol. The lowest BCUT2D eigenvalue weighted by molar-refractivity contribution is -0.136. The van der Waals surface area contributed by atoms with Gasteiger partial charge < -0.3 is 14.8 Å². The molecule has 1 heterocycles. The molecule has 138 valence electrons. The Morgan fingerprint density at radius 1 is 1.23 bits per heavy atom. The number of furan rings is 1. The molecule has 1 aliphatic rings. The molecule has 1 aromatic heterocycles. The molecule has 1 amide bonds. The van der Waals surface area contributed by atoms with Crippen LogP contribution in [0.25, 0.3) is 0 Å². The zero-order valence-corrected chi connectivity index (χ0v) is 15.6. The number of rotatable bonds is 7. The van der Waals surface area contributed by atoms with Crippen molar-refractivity contribution in [3.05, 3.63) is 53.5 Å². The molecule has 0 saturated heterocycles. The first-order valence-electron chi connectivity index (χ1n) is 8.80. The van der Waals surface area contributed by atoms with Crippen molar-refractivity contribution in [1.82, 2.24) is 5.32 Å². The SMILES string of the molecule is Cc1coc(CC(=O)O)c1C(=O)NCC1(Sc2ccccc2)CCCC1. The van der Waals surface area contributed by atoms with Crippen molar-refractivity contribution in [1.29, 1.82) is 0 Å². The topological polar surface area (TPSA) is 79.5 Å². The molecule has 1 aromatic carbocycles. The molecule has 1 saturated carbocycles. The second kappa shape index (κ2) is 7.99. The summed E-state index contributed by atoms with van der Waals surface area (Å²) in [5.41, 5.74) is 1.01. The van der Waals surface area contributed by atoms with Gasteiger partial charge in [-0.25, -0.2) is 0 Å². The van der Waals surface area contributed by atoms with Crippen molar-refractivity contribution in [2.75, 3.05) is 6.54 Å². The Bertz CT molecular complexity index is 778. The minimum Gasteiger partial charge on any atom is -0.481 e. The van der Waals surface area contributed by atoms with Gasteiger partial charge in [0.2, 0.25) is 0 Å². The Labute approximate surface area is 157 Å². The lowest BCUT2D eigenvalue weighted by atomic mass is 10.1. The molecular formula is C20H23NO4S. The Balaban J connectivity index is 1.71. The van der Waals surface area contributed by atoms with Gasteiger partial charge in [-0.05, 0) is 31.9 Å². The molecule has 0 radical (unpaired) electrons. The van der Waals surface area contributed by atoms with Crippen LogP contribution >= 0.6 is 11.8 Å². The number of carboxylic acids is 1. The van der Waals surface area contributed by atoms with Gasteiger partial charge in [0.05, 0.1) is 11.8 Å². The number of carbonyl (C=O) groups is 2. The van der Waals surface area contributed by atoms with Crippen LogP contribution < -0.4 is 5.32 Å². The monoisotopic (exact) mass is 373 g/mol. The van der Waals surface area contributed by atoms with Crippen LogP contribution in [0.15, 0.2) is 45.9 Å². The van der Waals surface area contributed by atoms with Crippen molar-refractivity contribution in [2.24, 2.45) is 0 Å².